The van der Waals surface area contributed by atoms with E-state index in [1.54, 1.807) is 36.5 Å². The maximum atomic E-state index is 12.4. The van der Waals surface area contributed by atoms with Crippen LogP contribution in [0.5, 0.6) is 0 Å². The summed E-state index contributed by atoms with van der Waals surface area (Å²) < 4.78 is 0. The van der Waals surface area contributed by atoms with E-state index in [0.29, 0.717) is 17.9 Å². The topological polar surface area (TPSA) is 87.9 Å². The van der Waals surface area contributed by atoms with Crippen molar-refractivity contribution in [1.29, 1.82) is 0 Å². The van der Waals surface area contributed by atoms with Crippen molar-refractivity contribution in [1.82, 2.24) is 19.9 Å². The molecule has 0 aromatic carbocycles. The largest absolute Gasteiger partial charge is 0.384 e. The SMILES string of the molecule is CCCc1cc(C(=O)N(C)Cc2ncc[nH]2)cc(N)n1. The predicted octanol–water partition coefficient (Wildman–Crippen LogP) is 1.61. The Labute approximate surface area is 118 Å². The first kappa shape index (κ1) is 14.0. The minimum absolute atomic E-state index is 0.0900. The number of aryl methyl sites for hydroxylation is 1. The van der Waals surface area contributed by atoms with Crippen LogP contribution >= 0.6 is 0 Å². The lowest BCUT2D eigenvalue weighted by atomic mass is 10.1. The molecule has 2 aromatic heterocycles. The Kier molecular flexibility index (Phi) is 4.34. The van der Waals surface area contributed by atoms with Crippen molar-refractivity contribution in [2.75, 3.05) is 12.8 Å². The second-order valence-electron chi connectivity index (χ2n) is 4.72. The third-order valence-electron chi connectivity index (χ3n) is 2.94. The zero-order chi connectivity index (χ0) is 14.5. The van der Waals surface area contributed by atoms with Gasteiger partial charge in [0.05, 0.1) is 6.54 Å². The summed E-state index contributed by atoms with van der Waals surface area (Å²) in [6, 6.07) is 3.42. The first-order valence-corrected chi connectivity index (χ1v) is 6.60. The molecule has 0 aliphatic heterocycles. The van der Waals surface area contributed by atoms with Gasteiger partial charge in [0, 0.05) is 30.7 Å². The molecule has 0 aliphatic rings. The number of aromatic nitrogens is 3. The van der Waals surface area contributed by atoms with E-state index in [1.165, 1.54) is 0 Å². The molecule has 0 aliphatic carbocycles. The standard InChI is InChI=1S/C14H19N5O/c1-3-4-11-7-10(8-12(15)18-11)14(20)19(2)9-13-16-5-6-17-13/h5-8H,3-4,9H2,1-2H3,(H2,15,18)(H,16,17). The van der Waals surface area contributed by atoms with Gasteiger partial charge in [-0.15, -0.1) is 0 Å². The number of imidazole rings is 1. The lowest BCUT2D eigenvalue weighted by molar-refractivity contribution is 0.0781. The average Bonchev–Trinajstić information content (AvgIpc) is 2.90. The molecule has 0 saturated heterocycles. The van der Waals surface area contributed by atoms with Gasteiger partial charge in [-0.25, -0.2) is 9.97 Å². The van der Waals surface area contributed by atoms with Crippen LogP contribution in [0.3, 0.4) is 0 Å². The highest BCUT2D eigenvalue weighted by molar-refractivity contribution is 5.94. The Bertz CT molecular complexity index is 579. The number of H-pyrrole nitrogens is 1. The van der Waals surface area contributed by atoms with Crippen LogP contribution < -0.4 is 5.73 Å². The summed E-state index contributed by atoms with van der Waals surface area (Å²) in [6.07, 6.45) is 5.17. The van der Waals surface area contributed by atoms with Gasteiger partial charge in [0.25, 0.3) is 5.91 Å². The number of carbonyl (C=O) groups excluding carboxylic acids is 1. The summed E-state index contributed by atoms with van der Waals surface area (Å²) in [7, 11) is 1.74. The summed E-state index contributed by atoms with van der Waals surface area (Å²) in [4.78, 5) is 25.3. The third kappa shape index (κ3) is 3.34. The Morgan fingerprint density at radius 2 is 2.25 bits per heavy atom. The van der Waals surface area contributed by atoms with Crippen molar-refractivity contribution in [2.24, 2.45) is 0 Å². The summed E-state index contributed by atoms with van der Waals surface area (Å²) in [5, 5.41) is 0. The molecule has 0 fully saturated rings. The number of nitrogens with one attached hydrogen (secondary N) is 1. The second kappa shape index (κ2) is 6.18. The first-order valence-electron chi connectivity index (χ1n) is 6.60. The number of carbonyl (C=O) groups is 1. The van der Waals surface area contributed by atoms with Crippen LogP contribution in [0.25, 0.3) is 0 Å². The molecule has 1 amide bonds. The lowest BCUT2D eigenvalue weighted by Crippen LogP contribution is -2.27. The molecule has 2 heterocycles. The number of nitrogens with zero attached hydrogens (tertiary/aromatic N) is 3. The van der Waals surface area contributed by atoms with E-state index in [0.717, 1.165) is 24.4 Å². The van der Waals surface area contributed by atoms with Gasteiger partial charge in [-0.1, -0.05) is 13.3 Å². The number of anilines is 1. The van der Waals surface area contributed by atoms with Gasteiger partial charge in [-0.2, -0.15) is 0 Å². The van der Waals surface area contributed by atoms with Gasteiger partial charge in [0.2, 0.25) is 0 Å². The molecule has 106 valence electrons. The van der Waals surface area contributed by atoms with Crippen molar-refractivity contribution < 1.29 is 4.79 Å². The van der Waals surface area contributed by atoms with E-state index in [9.17, 15) is 4.79 Å². The number of amides is 1. The summed E-state index contributed by atoms with van der Waals surface area (Å²) in [6.45, 7) is 2.49. The molecule has 0 spiro atoms. The minimum atomic E-state index is -0.0900. The molecule has 6 nitrogen and oxygen atoms in total. The fourth-order valence-corrected chi connectivity index (χ4v) is 2.02. The molecule has 2 rings (SSSR count). The molecule has 2 aromatic rings. The molecule has 6 heteroatoms. The number of rotatable bonds is 5. The van der Waals surface area contributed by atoms with Crippen LogP contribution in [-0.4, -0.2) is 32.8 Å². The maximum Gasteiger partial charge on any atom is 0.254 e. The fourth-order valence-electron chi connectivity index (χ4n) is 2.02. The van der Waals surface area contributed by atoms with Crippen LogP contribution in [0.2, 0.25) is 0 Å². The predicted molar refractivity (Wildman–Crippen MR) is 77.0 cm³/mol. The van der Waals surface area contributed by atoms with E-state index >= 15 is 0 Å². The molecule has 0 unspecified atom stereocenters. The van der Waals surface area contributed by atoms with Crippen LogP contribution in [0.15, 0.2) is 24.5 Å². The van der Waals surface area contributed by atoms with Gasteiger partial charge < -0.3 is 15.6 Å². The van der Waals surface area contributed by atoms with Crippen molar-refractivity contribution in [3.05, 3.63) is 41.6 Å². The third-order valence-corrected chi connectivity index (χ3v) is 2.94. The number of nitrogen functional groups attached to an aromatic ring is 1. The van der Waals surface area contributed by atoms with E-state index in [1.807, 2.05) is 0 Å². The quantitative estimate of drug-likeness (QED) is 0.866. The second-order valence-corrected chi connectivity index (χ2v) is 4.72. The molecule has 3 N–H and O–H groups in total. The summed E-state index contributed by atoms with van der Waals surface area (Å²) >= 11 is 0. The monoisotopic (exact) mass is 273 g/mol. The summed E-state index contributed by atoms with van der Waals surface area (Å²) in [5.41, 5.74) is 7.18. The minimum Gasteiger partial charge on any atom is -0.384 e. The number of aromatic amines is 1. The molecular formula is C14H19N5O. The van der Waals surface area contributed by atoms with Crippen molar-refractivity contribution in [3.8, 4) is 0 Å². The zero-order valence-corrected chi connectivity index (χ0v) is 11.8. The van der Waals surface area contributed by atoms with Crippen LogP contribution in [0, 0.1) is 0 Å². The number of nitrogens with two attached hydrogens (primary N) is 1. The van der Waals surface area contributed by atoms with E-state index in [2.05, 4.69) is 21.9 Å². The fraction of sp³-hybridized carbons (Fsp3) is 0.357. The number of pyridine rings is 1. The Hall–Kier alpha value is -2.37. The van der Waals surface area contributed by atoms with Gasteiger partial charge in [-0.05, 0) is 18.6 Å². The highest BCUT2D eigenvalue weighted by Crippen LogP contribution is 2.12. The molecule has 0 radical (unpaired) electrons. The van der Waals surface area contributed by atoms with Gasteiger partial charge >= 0.3 is 0 Å². The van der Waals surface area contributed by atoms with Gasteiger partial charge in [0.1, 0.15) is 11.6 Å². The number of hydrogen-bond donors (Lipinski definition) is 2. The molecule has 0 bridgehead atoms. The van der Waals surface area contributed by atoms with E-state index in [4.69, 9.17) is 5.73 Å². The normalized spacial score (nSPS) is 10.5. The molecular weight excluding hydrogens is 254 g/mol. The summed E-state index contributed by atoms with van der Waals surface area (Å²) in [5.74, 6) is 1.04. The zero-order valence-electron chi connectivity index (χ0n) is 11.8. The number of hydrogen-bond acceptors (Lipinski definition) is 4. The van der Waals surface area contributed by atoms with Crippen LogP contribution in [0.1, 0.15) is 35.2 Å². The van der Waals surface area contributed by atoms with E-state index in [-0.39, 0.29) is 5.91 Å². The van der Waals surface area contributed by atoms with Crippen LogP contribution in [0.4, 0.5) is 5.82 Å². The van der Waals surface area contributed by atoms with Crippen LogP contribution in [-0.2, 0) is 13.0 Å². The van der Waals surface area contributed by atoms with Crippen molar-refractivity contribution in [3.63, 3.8) is 0 Å². The first-order chi connectivity index (χ1) is 9.60. The Balaban J connectivity index is 2.15. The maximum absolute atomic E-state index is 12.4. The molecule has 20 heavy (non-hydrogen) atoms. The highest BCUT2D eigenvalue weighted by atomic mass is 16.2. The Morgan fingerprint density at radius 1 is 1.45 bits per heavy atom. The molecule has 0 saturated carbocycles. The van der Waals surface area contributed by atoms with Crippen molar-refractivity contribution in [2.45, 2.75) is 26.3 Å². The van der Waals surface area contributed by atoms with Crippen molar-refractivity contribution >= 4 is 11.7 Å². The highest BCUT2D eigenvalue weighted by Gasteiger charge is 2.14. The Morgan fingerprint density at radius 3 is 2.90 bits per heavy atom. The lowest BCUT2D eigenvalue weighted by Gasteiger charge is -2.16. The molecule has 0 atom stereocenters. The van der Waals surface area contributed by atoms with Gasteiger partial charge in [0.15, 0.2) is 0 Å². The smallest absolute Gasteiger partial charge is 0.254 e. The van der Waals surface area contributed by atoms with Gasteiger partial charge in [-0.3, -0.25) is 4.79 Å². The average molecular weight is 273 g/mol. The van der Waals surface area contributed by atoms with E-state index < -0.39 is 0 Å².